The predicted octanol–water partition coefficient (Wildman–Crippen LogP) is 3.33. The van der Waals surface area contributed by atoms with E-state index >= 15 is 0 Å². The smallest absolute Gasteiger partial charge is 0.243 e. The molecule has 1 aromatic carbocycles. The molecule has 1 heterocycles. The zero-order valence-electron chi connectivity index (χ0n) is 9.86. The Morgan fingerprint density at radius 2 is 2.28 bits per heavy atom. The highest BCUT2D eigenvalue weighted by molar-refractivity contribution is 6.31. The molecule has 0 unspecified atom stereocenters. The molecule has 0 aliphatic heterocycles. The van der Waals surface area contributed by atoms with E-state index in [9.17, 15) is 4.39 Å². The van der Waals surface area contributed by atoms with E-state index in [2.05, 4.69) is 10.1 Å². The SMILES string of the molecule is CCC[C@@H](N)c1nc(-c2ccc(F)c(Cl)c2)no1. The first-order valence-electron chi connectivity index (χ1n) is 5.66. The Labute approximate surface area is 109 Å². The maximum atomic E-state index is 13.0. The Bertz CT molecular complexity index is 544. The van der Waals surface area contributed by atoms with Crippen LogP contribution < -0.4 is 5.73 Å². The van der Waals surface area contributed by atoms with Gasteiger partial charge < -0.3 is 10.3 Å². The number of aromatic nitrogens is 2. The van der Waals surface area contributed by atoms with Crippen LogP contribution >= 0.6 is 11.6 Å². The molecule has 0 bridgehead atoms. The van der Waals surface area contributed by atoms with E-state index in [1.165, 1.54) is 12.1 Å². The Balaban J connectivity index is 2.26. The number of nitrogens with zero attached hydrogens (tertiary/aromatic N) is 2. The lowest BCUT2D eigenvalue weighted by Gasteiger charge is -2.02. The van der Waals surface area contributed by atoms with Crippen molar-refractivity contribution in [3.8, 4) is 11.4 Å². The topological polar surface area (TPSA) is 64.9 Å². The second kappa shape index (κ2) is 5.46. The summed E-state index contributed by atoms with van der Waals surface area (Å²) in [5.74, 6) is 0.262. The van der Waals surface area contributed by atoms with Gasteiger partial charge in [0.15, 0.2) is 0 Å². The van der Waals surface area contributed by atoms with Gasteiger partial charge in [0.1, 0.15) is 5.82 Å². The first-order valence-corrected chi connectivity index (χ1v) is 6.04. The molecule has 6 heteroatoms. The minimum atomic E-state index is -0.480. The summed E-state index contributed by atoms with van der Waals surface area (Å²) in [4.78, 5) is 4.19. The summed E-state index contributed by atoms with van der Waals surface area (Å²) in [5.41, 5.74) is 6.47. The molecule has 2 rings (SSSR count). The van der Waals surface area contributed by atoms with Crippen LogP contribution in [0.3, 0.4) is 0 Å². The molecule has 2 aromatic rings. The summed E-state index contributed by atoms with van der Waals surface area (Å²) in [6.07, 6.45) is 1.70. The minimum Gasteiger partial charge on any atom is -0.337 e. The van der Waals surface area contributed by atoms with Gasteiger partial charge in [-0.05, 0) is 24.6 Å². The van der Waals surface area contributed by atoms with E-state index in [0.29, 0.717) is 17.3 Å². The van der Waals surface area contributed by atoms with E-state index in [1.54, 1.807) is 6.07 Å². The van der Waals surface area contributed by atoms with Crippen molar-refractivity contribution in [1.29, 1.82) is 0 Å². The third-order valence-electron chi connectivity index (χ3n) is 2.54. The summed E-state index contributed by atoms with van der Waals surface area (Å²) in [5, 5.41) is 3.84. The molecular weight excluding hydrogens is 257 g/mol. The van der Waals surface area contributed by atoms with Gasteiger partial charge in [0.05, 0.1) is 11.1 Å². The highest BCUT2D eigenvalue weighted by atomic mass is 35.5. The summed E-state index contributed by atoms with van der Waals surface area (Å²) >= 11 is 5.70. The molecule has 1 atom stereocenters. The van der Waals surface area contributed by atoms with Crippen LogP contribution in [0.15, 0.2) is 22.7 Å². The van der Waals surface area contributed by atoms with E-state index < -0.39 is 5.82 Å². The summed E-state index contributed by atoms with van der Waals surface area (Å²) in [6.45, 7) is 2.02. The molecule has 0 aliphatic carbocycles. The van der Waals surface area contributed by atoms with Crippen LogP contribution in [0.1, 0.15) is 31.7 Å². The molecule has 1 aromatic heterocycles. The molecule has 0 saturated carbocycles. The Morgan fingerprint density at radius 3 is 2.94 bits per heavy atom. The number of hydrogen-bond donors (Lipinski definition) is 1. The molecule has 96 valence electrons. The largest absolute Gasteiger partial charge is 0.337 e. The van der Waals surface area contributed by atoms with Gasteiger partial charge in [-0.1, -0.05) is 30.1 Å². The molecule has 4 nitrogen and oxygen atoms in total. The third-order valence-corrected chi connectivity index (χ3v) is 2.83. The molecule has 0 amide bonds. The fourth-order valence-corrected chi connectivity index (χ4v) is 1.75. The number of hydrogen-bond acceptors (Lipinski definition) is 4. The van der Waals surface area contributed by atoms with E-state index in [4.69, 9.17) is 21.9 Å². The number of rotatable bonds is 4. The van der Waals surface area contributed by atoms with Crippen LogP contribution in [0.5, 0.6) is 0 Å². The first kappa shape index (κ1) is 13.0. The molecule has 0 aliphatic rings. The Hall–Kier alpha value is -1.46. The van der Waals surface area contributed by atoms with Gasteiger partial charge in [0.25, 0.3) is 0 Å². The van der Waals surface area contributed by atoms with Crippen molar-refractivity contribution in [3.05, 3.63) is 34.9 Å². The lowest BCUT2D eigenvalue weighted by molar-refractivity contribution is 0.348. The maximum absolute atomic E-state index is 13.0. The zero-order chi connectivity index (χ0) is 13.1. The lowest BCUT2D eigenvalue weighted by Crippen LogP contribution is -2.09. The van der Waals surface area contributed by atoms with Crippen molar-refractivity contribution >= 4 is 11.6 Å². The molecule has 2 N–H and O–H groups in total. The highest BCUT2D eigenvalue weighted by Gasteiger charge is 2.15. The molecule has 0 radical (unpaired) electrons. The average Bonchev–Trinajstić information content (AvgIpc) is 2.82. The van der Waals surface area contributed by atoms with Crippen LogP contribution in [0, 0.1) is 5.82 Å². The fraction of sp³-hybridized carbons (Fsp3) is 0.333. The lowest BCUT2D eigenvalue weighted by atomic mass is 10.2. The Kier molecular flexibility index (Phi) is 3.93. The molecule has 0 saturated heterocycles. The highest BCUT2D eigenvalue weighted by Crippen LogP contribution is 2.24. The van der Waals surface area contributed by atoms with Crippen LogP contribution in [-0.4, -0.2) is 10.1 Å². The van der Waals surface area contributed by atoms with Crippen LogP contribution in [0.2, 0.25) is 5.02 Å². The van der Waals surface area contributed by atoms with Crippen molar-refractivity contribution in [3.63, 3.8) is 0 Å². The van der Waals surface area contributed by atoms with Gasteiger partial charge in [0, 0.05) is 5.56 Å². The van der Waals surface area contributed by atoms with Crippen molar-refractivity contribution in [1.82, 2.24) is 10.1 Å². The number of halogens is 2. The van der Waals surface area contributed by atoms with Gasteiger partial charge in [-0.15, -0.1) is 0 Å². The predicted molar refractivity (Wildman–Crippen MR) is 66.5 cm³/mol. The summed E-state index contributed by atoms with van der Waals surface area (Å²) in [6, 6.07) is 3.99. The standard InChI is InChI=1S/C12H13ClFN3O/c1-2-3-10(15)12-16-11(17-18-12)7-4-5-9(14)8(13)6-7/h4-6,10H,2-3,15H2,1H3/t10-/m1/s1. The van der Waals surface area contributed by atoms with Gasteiger partial charge in [0.2, 0.25) is 11.7 Å². The monoisotopic (exact) mass is 269 g/mol. The third kappa shape index (κ3) is 2.68. The van der Waals surface area contributed by atoms with Gasteiger partial charge >= 0.3 is 0 Å². The van der Waals surface area contributed by atoms with Crippen LogP contribution in [0.25, 0.3) is 11.4 Å². The van der Waals surface area contributed by atoms with Crippen molar-refractivity contribution in [2.45, 2.75) is 25.8 Å². The number of nitrogens with two attached hydrogens (primary N) is 1. The fourth-order valence-electron chi connectivity index (χ4n) is 1.57. The van der Waals surface area contributed by atoms with Crippen molar-refractivity contribution < 1.29 is 8.91 Å². The molecular formula is C12H13ClFN3O. The zero-order valence-corrected chi connectivity index (χ0v) is 10.6. The second-order valence-electron chi connectivity index (χ2n) is 3.98. The Morgan fingerprint density at radius 1 is 1.50 bits per heavy atom. The van der Waals surface area contributed by atoms with E-state index in [0.717, 1.165) is 12.8 Å². The normalized spacial score (nSPS) is 12.7. The van der Waals surface area contributed by atoms with Crippen LogP contribution in [0.4, 0.5) is 4.39 Å². The van der Waals surface area contributed by atoms with Crippen LogP contribution in [-0.2, 0) is 0 Å². The summed E-state index contributed by atoms with van der Waals surface area (Å²) < 4.78 is 18.1. The van der Waals surface area contributed by atoms with E-state index in [-0.39, 0.29) is 11.1 Å². The quantitative estimate of drug-likeness (QED) is 0.925. The minimum absolute atomic E-state index is 0.0247. The van der Waals surface area contributed by atoms with Crippen molar-refractivity contribution in [2.75, 3.05) is 0 Å². The molecule has 0 spiro atoms. The van der Waals surface area contributed by atoms with Gasteiger partial charge in [-0.3, -0.25) is 0 Å². The number of benzene rings is 1. The second-order valence-corrected chi connectivity index (χ2v) is 4.39. The van der Waals surface area contributed by atoms with Gasteiger partial charge in [-0.25, -0.2) is 4.39 Å². The molecule has 0 fully saturated rings. The maximum Gasteiger partial charge on any atom is 0.243 e. The molecule has 18 heavy (non-hydrogen) atoms. The first-order chi connectivity index (χ1) is 8.61. The van der Waals surface area contributed by atoms with Crippen molar-refractivity contribution in [2.24, 2.45) is 5.73 Å². The summed E-state index contributed by atoms with van der Waals surface area (Å²) in [7, 11) is 0. The van der Waals surface area contributed by atoms with E-state index in [1.807, 2.05) is 6.92 Å². The average molecular weight is 270 g/mol. The van der Waals surface area contributed by atoms with Gasteiger partial charge in [-0.2, -0.15) is 4.98 Å².